The molecule has 84 valence electrons. The quantitative estimate of drug-likeness (QED) is 0.870. The van der Waals surface area contributed by atoms with Gasteiger partial charge in [0.05, 0.1) is 5.69 Å². The van der Waals surface area contributed by atoms with Crippen LogP contribution in [0.1, 0.15) is 22.9 Å². The average molecular weight is 237 g/mol. The number of nitrogens with zero attached hydrogens (tertiary/aromatic N) is 2. The number of hydrogen-bond donors (Lipinski definition) is 1. The number of halogens is 1. The molecule has 1 heterocycles. The SMILES string of the molecule is Cc1ccc(Cl)cc1C(O)c1ccn(C)n1. The number of aromatic nitrogens is 2. The molecule has 0 saturated carbocycles. The second-order valence-corrected chi connectivity index (χ2v) is 4.25. The van der Waals surface area contributed by atoms with Crippen LogP contribution < -0.4 is 0 Å². The molecule has 4 heteroatoms. The van der Waals surface area contributed by atoms with Crippen LogP contribution in [0, 0.1) is 6.92 Å². The molecule has 3 nitrogen and oxygen atoms in total. The highest BCUT2D eigenvalue weighted by Gasteiger charge is 2.15. The van der Waals surface area contributed by atoms with Crippen LogP contribution in [-0.4, -0.2) is 14.9 Å². The lowest BCUT2D eigenvalue weighted by Crippen LogP contribution is -2.03. The highest BCUT2D eigenvalue weighted by Crippen LogP contribution is 2.26. The molecule has 1 N–H and O–H groups in total. The van der Waals surface area contributed by atoms with E-state index in [0.717, 1.165) is 11.1 Å². The van der Waals surface area contributed by atoms with Crippen LogP contribution in [-0.2, 0) is 7.05 Å². The first-order valence-electron chi connectivity index (χ1n) is 5.01. The Balaban J connectivity index is 2.40. The van der Waals surface area contributed by atoms with E-state index in [1.165, 1.54) is 0 Å². The molecule has 0 spiro atoms. The van der Waals surface area contributed by atoms with Crippen LogP contribution in [0.2, 0.25) is 5.02 Å². The predicted octanol–water partition coefficient (Wildman–Crippen LogP) is 2.46. The Kier molecular flexibility index (Phi) is 2.99. The molecule has 0 bridgehead atoms. The van der Waals surface area contributed by atoms with Crippen LogP contribution >= 0.6 is 11.6 Å². The molecule has 0 aliphatic heterocycles. The summed E-state index contributed by atoms with van der Waals surface area (Å²) in [5.74, 6) is 0. The van der Waals surface area contributed by atoms with E-state index in [9.17, 15) is 5.11 Å². The summed E-state index contributed by atoms with van der Waals surface area (Å²) in [7, 11) is 1.82. The zero-order chi connectivity index (χ0) is 11.7. The van der Waals surface area contributed by atoms with E-state index in [1.54, 1.807) is 23.0 Å². The third-order valence-electron chi connectivity index (χ3n) is 2.55. The fourth-order valence-corrected chi connectivity index (χ4v) is 1.82. The van der Waals surface area contributed by atoms with Gasteiger partial charge in [-0.25, -0.2) is 0 Å². The zero-order valence-electron chi connectivity index (χ0n) is 9.18. The number of aryl methyl sites for hydroxylation is 2. The Morgan fingerprint density at radius 2 is 2.12 bits per heavy atom. The smallest absolute Gasteiger partial charge is 0.123 e. The van der Waals surface area contributed by atoms with Crippen molar-refractivity contribution in [2.75, 3.05) is 0 Å². The summed E-state index contributed by atoms with van der Waals surface area (Å²) in [4.78, 5) is 0. The largest absolute Gasteiger partial charge is 0.382 e. The van der Waals surface area contributed by atoms with E-state index in [-0.39, 0.29) is 0 Å². The van der Waals surface area contributed by atoms with Crippen molar-refractivity contribution in [3.8, 4) is 0 Å². The molecule has 2 rings (SSSR count). The minimum Gasteiger partial charge on any atom is -0.382 e. The first-order valence-corrected chi connectivity index (χ1v) is 5.39. The molecule has 0 radical (unpaired) electrons. The van der Waals surface area contributed by atoms with Gasteiger partial charge in [-0.05, 0) is 36.2 Å². The standard InChI is InChI=1S/C12H13ClN2O/c1-8-3-4-9(13)7-10(8)12(16)11-5-6-15(2)14-11/h3-7,12,16H,1-2H3. The molecule has 0 amide bonds. The number of aliphatic hydroxyl groups is 1. The minimum atomic E-state index is -0.722. The maximum atomic E-state index is 10.2. The van der Waals surface area contributed by atoms with Gasteiger partial charge in [-0.2, -0.15) is 5.10 Å². The van der Waals surface area contributed by atoms with Crippen molar-refractivity contribution in [2.24, 2.45) is 7.05 Å². The molecular formula is C12H13ClN2O. The maximum absolute atomic E-state index is 10.2. The Labute approximate surface area is 99.3 Å². The van der Waals surface area contributed by atoms with Crippen LogP contribution in [0.15, 0.2) is 30.5 Å². The van der Waals surface area contributed by atoms with Gasteiger partial charge in [0, 0.05) is 18.3 Å². The van der Waals surface area contributed by atoms with Crippen LogP contribution in [0.25, 0.3) is 0 Å². The van der Waals surface area contributed by atoms with E-state index in [0.29, 0.717) is 10.7 Å². The van der Waals surface area contributed by atoms with E-state index in [4.69, 9.17) is 11.6 Å². The van der Waals surface area contributed by atoms with Gasteiger partial charge in [0.25, 0.3) is 0 Å². The molecular weight excluding hydrogens is 224 g/mol. The van der Waals surface area contributed by atoms with Gasteiger partial charge < -0.3 is 5.11 Å². The van der Waals surface area contributed by atoms with Crippen molar-refractivity contribution in [1.82, 2.24) is 9.78 Å². The van der Waals surface area contributed by atoms with Crippen molar-refractivity contribution in [3.05, 3.63) is 52.3 Å². The van der Waals surface area contributed by atoms with Crippen LogP contribution in [0.3, 0.4) is 0 Å². The van der Waals surface area contributed by atoms with Gasteiger partial charge in [-0.3, -0.25) is 4.68 Å². The van der Waals surface area contributed by atoms with Gasteiger partial charge in [-0.15, -0.1) is 0 Å². The summed E-state index contributed by atoms with van der Waals surface area (Å²) >= 11 is 5.92. The van der Waals surface area contributed by atoms with Gasteiger partial charge >= 0.3 is 0 Å². The summed E-state index contributed by atoms with van der Waals surface area (Å²) in [6.45, 7) is 1.94. The van der Waals surface area contributed by atoms with Crippen molar-refractivity contribution in [2.45, 2.75) is 13.0 Å². The second-order valence-electron chi connectivity index (χ2n) is 3.82. The number of aliphatic hydroxyl groups excluding tert-OH is 1. The second kappa shape index (κ2) is 4.28. The molecule has 1 atom stereocenters. The maximum Gasteiger partial charge on any atom is 0.123 e. The fraction of sp³-hybridized carbons (Fsp3) is 0.250. The Hall–Kier alpha value is -1.32. The molecule has 0 aliphatic carbocycles. The Morgan fingerprint density at radius 3 is 2.75 bits per heavy atom. The molecule has 1 aromatic heterocycles. The molecule has 16 heavy (non-hydrogen) atoms. The predicted molar refractivity (Wildman–Crippen MR) is 63.5 cm³/mol. The van der Waals surface area contributed by atoms with Gasteiger partial charge in [0.2, 0.25) is 0 Å². The molecule has 1 unspecified atom stereocenters. The lowest BCUT2D eigenvalue weighted by molar-refractivity contribution is 0.213. The third kappa shape index (κ3) is 2.10. The average Bonchev–Trinajstić information content (AvgIpc) is 2.67. The summed E-state index contributed by atoms with van der Waals surface area (Å²) in [5, 5.41) is 15.0. The lowest BCUT2D eigenvalue weighted by Gasteiger charge is -2.11. The number of benzene rings is 1. The molecule has 2 aromatic rings. The van der Waals surface area contributed by atoms with E-state index >= 15 is 0 Å². The highest BCUT2D eigenvalue weighted by molar-refractivity contribution is 6.30. The summed E-state index contributed by atoms with van der Waals surface area (Å²) in [5.41, 5.74) is 2.43. The van der Waals surface area contributed by atoms with Crippen LogP contribution in [0.4, 0.5) is 0 Å². The molecule has 0 saturated heterocycles. The Bertz CT molecular complexity index is 507. The number of hydrogen-bond acceptors (Lipinski definition) is 2. The van der Waals surface area contributed by atoms with E-state index < -0.39 is 6.10 Å². The molecule has 0 aliphatic rings. The van der Waals surface area contributed by atoms with Gasteiger partial charge in [0.1, 0.15) is 6.10 Å². The lowest BCUT2D eigenvalue weighted by atomic mass is 10.0. The normalized spacial score (nSPS) is 12.8. The van der Waals surface area contributed by atoms with Crippen molar-refractivity contribution in [1.29, 1.82) is 0 Å². The monoisotopic (exact) mass is 236 g/mol. The number of rotatable bonds is 2. The minimum absolute atomic E-state index is 0.621. The zero-order valence-corrected chi connectivity index (χ0v) is 9.94. The topological polar surface area (TPSA) is 38.0 Å². The van der Waals surface area contributed by atoms with Crippen LogP contribution in [0.5, 0.6) is 0 Å². The van der Waals surface area contributed by atoms with Crippen molar-refractivity contribution >= 4 is 11.6 Å². The van der Waals surface area contributed by atoms with Gasteiger partial charge in [-0.1, -0.05) is 17.7 Å². The third-order valence-corrected chi connectivity index (χ3v) is 2.79. The highest BCUT2D eigenvalue weighted by atomic mass is 35.5. The van der Waals surface area contributed by atoms with Crippen molar-refractivity contribution in [3.63, 3.8) is 0 Å². The first-order chi connectivity index (χ1) is 7.58. The summed E-state index contributed by atoms with van der Waals surface area (Å²) < 4.78 is 1.67. The van der Waals surface area contributed by atoms with Gasteiger partial charge in [0.15, 0.2) is 0 Å². The summed E-state index contributed by atoms with van der Waals surface area (Å²) in [6.07, 6.45) is 1.08. The molecule has 1 aromatic carbocycles. The van der Waals surface area contributed by atoms with Crippen molar-refractivity contribution < 1.29 is 5.11 Å². The first kappa shape index (κ1) is 11.2. The fourth-order valence-electron chi connectivity index (χ4n) is 1.64. The summed E-state index contributed by atoms with van der Waals surface area (Å²) in [6, 6.07) is 7.27. The Morgan fingerprint density at radius 1 is 1.38 bits per heavy atom. The van der Waals surface area contributed by atoms with E-state index in [2.05, 4.69) is 5.10 Å². The van der Waals surface area contributed by atoms with E-state index in [1.807, 2.05) is 26.1 Å². The molecule has 0 fully saturated rings.